The third kappa shape index (κ3) is 2.39. The second-order valence-electron chi connectivity index (χ2n) is 5.02. The SMILES string of the molecule is CC1CCN(C(=O)c2c(Cl)ccc3cn[nH]c23)CCO1. The lowest BCUT2D eigenvalue weighted by Crippen LogP contribution is -2.33. The van der Waals surface area contributed by atoms with E-state index in [1.54, 1.807) is 17.2 Å². The van der Waals surface area contributed by atoms with Crippen LogP contribution in [-0.2, 0) is 4.74 Å². The van der Waals surface area contributed by atoms with Crippen LogP contribution in [0.3, 0.4) is 0 Å². The third-order valence-corrected chi connectivity index (χ3v) is 3.95. The minimum atomic E-state index is -0.0671. The Labute approximate surface area is 121 Å². The number of halogens is 1. The molecule has 1 aliphatic heterocycles. The van der Waals surface area contributed by atoms with Gasteiger partial charge in [-0.05, 0) is 25.5 Å². The van der Waals surface area contributed by atoms with Crippen LogP contribution in [0.2, 0.25) is 5.02 Å². The molecule has 0 radical (unpaired) electrons. The topological polar surface area (TPSA) is 58.2 Å². The van der Waals surface area contributed by atoms with Crippen LogP contribution in [0, 0.1) is 0 Å². The van der Waals surface area contributed by atoms with E-state index in [2.05, 4.69) is 10.2 Å². The minimum Gasteiger partial charge on any atom is -0.377 e. The monoisotopic (exact) mass is 293 g/mol. The first-order valence-corrected chi connectivity index (χ1v) is 7.07. The standard InChI is InChI=1S/C14H16ClN3O2/c1-9-4-5-18(6-7-20-9)14(19)12-11(15)3-2-10-8-16-17-13(10)12/h2-3,8-9H,4-7H2,1H3,(H,16,17). The Kier molecular flexibility index (Phi) is 3.63. The molecule has 2 heterocycles. The Morgan fingerprint density at radius 2 is 2.35 bits per heavy atom. The van der Waals surface area contributed by atoms with Gasteiger partial charge in [0.1, 0.15) is 0 Å². The smallest absolute Gasteiger partial charge is 0.257 e. The molecule has 3 rings (SSSR count). The van der Waals surface area contributed by atoms with Crippen molar-refractivity contribution in [2.24, 2.45) is 0 Å². The van der Waals surface area contributed by atoms with Gasteiger partial charge in [-0.1, -0.05) is 11.6 Å². The number of rotatable bonds is 1. The summed E-state index contributed by atoms with van der Waals surface area (Å²) >= 11 is 6.22. The van der Waals surface area contributed by atoms with Crippen LogP contribution >= 0.6 is 11.6 Å². The molecular formula is C14H16ClN3O2. The molecule has 2 aromatic rings. The molecule has 1 fully saturated rings. The van der Waals surface area contributed by atoms with Crippen LogP contribution in [0.1, 0.15) is 23.7 Å². The number of aromatic nitrogens is 2. The van der Waals surface area contributed by atoms with E-state index in [0.29, 0.717) is 35.8 Å². The van der Waals surface area contributed by atoms with Crippen molar-refractivity contribution in [3.63, 3.8) is 0 Å². The van der Waals surface area contributed by atoms with Crippen molar-refractivity contribution in [1.29, 1.82) is 0 Å². The number of H-pyrrole nitrogens is 1. The first-order chi connectivity index (χ1) is 9.66. The van der Waals surface area contributed by atoms with E-state index < -0.39 is 0 Å². The Morgan fingerprint density at radius 1 is 1.50 bits per heavy atom. The van der Waals surface area contributed by atoms with Crippen molar-refractivity contribution >= 4 is 28.4 Å². The Morgan fingerprint density at radius 3 is 3.20 bits per heavy atom. The number of benzene rings is 1. The zero-order valence-electron chi connectivity index (χ0n) is 11.2. The molecule has 20 heavy (non-hydrogen) atoms. The Balaban J connectivity index is 1.95. The lowest BCUT2D eigenvalue weighted by atomic mass is 10.1. The molecule has 1 amide bonds. The largest absolute Gasteiger partial charge is 0.377 e. The van der Waals surface area contributed by atoms with Gasteiger partial charge in [-0.15, -0.1) is 0 Å². The molecule has 1 unspecified atom stereocenters. The second kappa shape index (κ2) is 5.42. The summed E-state index contributed by atoms with van der Waals surface area (Å²) in [5.74, 6) is -0.0671. The lowest BCUT2D eigenvalue weighted by Gasteiger charge is -2.20. The summed E-state index contributed by atoms with van der Waals surface area (Å²) < 4.78 is 5.57. The van der Waals surface area contributed by atoms with Gasteiger partial charge in [0.15, 0.2) is 0 Å². The average Bonchev–Trinajstić information content (AvgIpc) is 2.79. The molecule has 1 aromatic heterocycles. The van der Waals surface area contributed by atoms with Crippen molar-refractivity contribution in [3.8, 4) is 0 Å². The van der Waals surface area contributed by atoms with Gasteiger partial charge >= 0.3 is 0 Å². The van der Waals surface area contributed by atoms with Crippen LogP contribution in [0.5, 0.6) is 0 Å². The van der Waals surface area contributed by atoms with E-state index in [0.717, 1.165) is 11.8 Å². The molecule has 0 saturated carbocycles. The van der Waals surface area contributed by atoms with Crippen molar-refractivity contribution < 1.29 is 9.53 Å². The van der Waals surface area contributed by atoms with Gasteiger partial charge in [-0.25, -0.2) is 0 Å². The van der Waals surface area contributed by atoms with E-state index in [1.165, 1.54) is 0 Å². The highest BCUT2D eigenvalue weighted by molar-refractivity contribution is 6.35. The summed E-state index contributed by atoms with van der Waals surface area (Å²) in [4.78, 5) is 14.5. The summed E-state index contributed by atoms with van der Waals surface area (Å²) in [7, 11) is 0. The molecule has 0 bridgehead atoms. The molecule has 0 spiro atoms. The van der Waals surface area contributed by atoms with E-state index in [-0.39, 0.29) is 12.0 Å². The summed E-state index contributed by atoms with van der Waals surface area (Å²) in [5, 5.41) is 8.18. The van der Waals surface area contributed by atoms with Gasteiger partial charge in [-0.3, -0.25) is 9.89 Å². The highest BCUT2D eigenvalue weighted by Crippen LogP contribution is 2.26. The zero-order valence-corrected chi connectivity index (χ0v) is 12.0. The van der Waals surface area contributed by atoms with E-state index in [9.17, 15) is 4.79 Å². The fourth-order valence-electron chi connectivity index (χ4n) is 2.45. The third-order valence-electron chi connectivity index (χ3n) is 3.64. The number of nitrogens with one attached hydrogen (secondary N) is 1. The number of ether oxygens (including phenoxy) is 1. The van der Waals surface area contributed by atoms with Gasteiger partial charge in [-0.2, -0.15) is 5.10 Å². The molecule has 5 nitrogen and oxygen atoms in total. The van der Waals surface area contributed by atoms with Crippen LogP contribution < -0.4 is 0 Å². The summed E-state index contributed by atoms with van der Waals surface area (Å²) in [6.45, 7) is 3.85. The number of nitrogens with zero attached hydrogens (tertiary/aromatic N) is 2. The molecule has 1 saturated heterocycles. The number of carbonyl (C=O) groups excluding carboxylic acids is 1. The average molecular weight is 294 g/mol. The van der Waals surface area contributed by atoms with Crippen LogP contribution in [0.15, 0.2) is 18.3 Å². The molecular weight excluding hydrogens is 278 g/mol. The van der Waals surface area contributed by atoms with E-state index in [4.69, 9.17) is 16.3 Å². The molecule has 106 valence electrons. The number of hydrogen-bond donors (Lipinski definition) is 1. The van der Waals surface area contributed by atoms with Gasteiger partial charge < -0.3 is 9.64 Å². The van der Waals surface area contributed by atoms with Crippen molar-refractivity contribution in [2.75, 3.05) is 19.7 Å². The summed E-state index contributed by atoms with van der Waals surface area (Å²) in [6.07, 6.45) is 2.71. The maximum Gasteiger partial charge on any atom is 0.257 e. The predicted molar refractivity (Wildman–Crippen MR) is 77.0 cm³/mol. The zero-order chi connectivity index (χ0) is 14.1. The fraction of sp³-hybridized carbons (Fsp3) is 0.429. The molecule has 0 aliphatic carbocycles. The molecule has 1 aromatic carbocycles. The molecule has 1 N–H and O–H groups in total. The van der Waals surface area contributed by atoms with Crippen LogP contribution in [0.4, 0.5) is 0 Å². The highest BCUT2D eigenvalue weighted by Gasteiger charge is 2.24. The molecule has 1 atom stereocenters. The molecule has 6 heteroatoms. The maximum atomic E-state index is 12.7. The molecule has 1 aliphatic rings. The maximum absolute atomic E-state index is 12.7. The van der Waals surface area contributed by atoms with E-state index >= 15 is 0 Å². The minimum absolute atomic E-state index is 0.0671. The second-order valence-corrected chi connectivity index (χ2v) is 5.43. The van der Waals surface area contributed by atoms with Crippen molar-refractivity contribution in [3.05, 3.63) is 28.9 Å². The predicted octanol–water partition coefficient (Wildman–Crippen LogP) is 2.47. The van der Waals surface area contributed by atoms with Crippen LogP contribution in [0.25, 0.3) is 10.9 Å². The van der Waals surface area contributed by atoms with Crippen molar-refractivity contribution in [1.82, 2.24) is 15.1 Å². The first-order valence-electron chi connectivity index (χ1n) is 6.69. The quantitative estimate of drug-likeness (QED) is 0.879. The van der Waals surface area contributed by atoms with E-state index in [1.807, 2.05) is 13.0 Å². The van der Waals surface area contributed by atoms with Crippen LogP contribution in [-0.4, -0.2) is 46.8 Å². The van der Waals surface area contributed by atoms with Gasteiger partial charge in [0.05, 0.1) is 35.0 Å². The van der Waals surface area contributed by atoms with Crippen molar-refractivity contribution in [2.45, 2.75) is 19.4 Å². The van der Waals surface area contributed by atoms with Gasteiger partial charge in [0, 0.05) is 18.5 Å². The lowest BCUT2D eigenvalue weighted by molar-refractivity contribution is 0.0667. The summed E-state index contributed by atoms with van der Waals surface area (Å²) in [6, 6.07) is 3.59. The number of carbonyl (C=O) groups is 1. The Hall–Kier alpha value is -1.59. The van der Waals surface area contributed by atoms with Gasteiger partial charge in [0.25, 0.3) is 5.91 Å². The number of hydrogen-bond acceptors (Lipinski definition) is 3. The number of aromatic amines is 1. The number of fused-ring (bicyclic) bond motifs is 1. The summed E-state index contributed by atoms with van der Waals surface area (Å²) in [5.41, 5.74) is 1.19. The normalized spacial score (nSPS) is 20.1. The van der Waals surface area contributed by atoms with Gasteiger partial charge in [0.2, 0.25) is 0 Å². The fourth-order valence-corrected chi connectivity index (χ4v) is 2.69. The first kappa shape index (κ1) is 13.4. The Bertz CT molecular complexity index is 640. The highest BCUT2D eigenvalue weighted by atomic mass is 35.5. The number of amides is 1.